The van der Waals surface area contributed by atoms with Crippen LogP contribution in [0.25, 0.3) is 0 Å². The maximum absolute atomic E-state index is 13.2. The van der Waals surface area contributed by atoms with Gasteiger partial charge in [0.2, 0.25) is 0 Å². The summed E-state index contributed by atoms with van der Waals surface area (Å²) < 4.78 is 5.96. The maximum atomic E-state index is 13.2. The first-order valence-electron chi connectivity index (χ1n) is 12.7. The Morgan fingerprint density at radius 2 is 1.76 bits per heavy atom. The molecule has 2 atom stereocenters. The molecule has 1 fully saturated rings. The first-order chi connectivity index (χ1) is 17.3. The van der Waals surface area contributed by atoms with E-state index in [-0.39, 0.29) is 36.8 Å². The number of carbonyl (C=O) groups is 1. The fourth-order valence-corrected chi connectivity index (χ4v) is 4.73. The number of hydrogen-bond acceptors (Lipinski definition) is 5. The molecule has 0 bridgehead atoms. The third kappa shape index (κ3) is 8.03. The van der Waals surface area contributed by atoms with E-state index in [1.165, 1.54) is 0 Å². The van der Waals surface area contributed by atoms with Gasteiger partial charge < -0.3 is 20.1 Å². The molecule has 3 aromatic rings. The number of phenols is 1. The Morgan fingerprint density at radius 1 is 1.03 bits per heavy atom. The molecule has 0 spiro atoms. The van der Waals surface area contributed by atoms with Gasteiger partial charge in [-0.25, -0.2) is 0 Å². The number of para-hydroxylation sites is 1. The molecule has 1 amide bonds. The molecule has 6 nitrogen and oxygen atoms in total. The summed E-state index contributed by atoms with van der Waals surface area (Å²) in [7, 11) is 0. The van der Waals surface area contributed by atoms with Crippen LogP contribution in [0, 0.1) is 12.8 Å². The van der Waals surface area contributed by atoms with Gasteiger partial charge in [-0.05, 0) is 67.8 Å². The molecular weight excluding hydrogens is 521 g/mol. The first kappa shape index (κ1) is 31.3. The third-order valence-electron chi connectivity index (χ3n) is 6.86. The number of amides is 1. The molecule has 0 aromatic heterocycles. The zero-order valence-corrected chi connectivity index (χ0v) is 24.1. The Labute approximate surface area is 238 Å². The van der Waals surface area contributed by atoms with Gasteiger partial charge in [0.1, 0.15) is 17.2 Å². The topological polar surface area (TPSA) is 65.0 Å². The number of nitrogens with one attached hydrogen (secondary N) is 1. The Balaban J connectivity index is 0.00000253. The zero-order chi connectivity index (χ0) is 25.7. The van der Waals surface area contributed by atoms with Crippen molar-refractivity contribution in [3.8, 4) is 17.2 Å². The summed E-state index contributed by atoms with van der Waals surface area (Å²) in [6.07, 6.45) is 0. The van der Waals surface area contributed by atoms with Gasteiger partial charge >= 0.3 is 0 Å². The molecule has 0 aliphatic carbocycles. The second kappa shape index (κ2) is 14.3. The Bertz CT molecular complexity index is 1180. The predicted molar refractivity (Wildman–Crippen MR) is 160 cm³/mol. The third-order valence-corrected chi connectivity index (χ3v) is 6.86. The highest BCUT2D eigenvalue weighted by Crippen LogP contribution is 2.26. The van der Waals surface area contributed by atoms with Crippen molar-refractivity contribution in [2.45, 2.75) is 39.8 Å². The largest absolute Gasteiger partial charge is 0.508 e. The number of nitrogens with zero attached hydrogens (tertiary/aromatic N) is 2. The highest BCUT2D eigenvalue weighted by atomic mass is 35.5. The normalized spacial score (nSPS) is 16.2. The maximum Gasteiger partial charge on any atom is 0.251 e. The predicted octanol–water partition coefficient (Wildman–Crippen LogP) is 6.30. The fourth-order valence-electron chi connectivity index (χ4n) is 4.73. The van der Waals surface area contributed by atoms with E-state index in [9.17, 15) is 9.90 Å². The van der Waals surface area contributed by atoms with Gasteiger partial charge in [0.05, 0.1) is 0 Å². The van der Waals surface area contributed by atoms with E-state index in [0.717, 1.165) is 48.9 Å². The molecule has 0 radical (unpaired) electrons. The van der Waals surface area contributed by atoms with Crippen LogP contribution in [0.15, 0.2) is 72.8 Å². The summed E-state index contributed by atoms with van der Waals surface area (Å²) in [6.45, 7) is 12.0. The number of hydrogen-bond donors (Lipinski definition) is 2. The molecular formula is C30H39Cl2N3O3. The van der Waals surface area contributed by atoms with Crippen LogP contribution >= 0.6 is 24.8 Å². The fraction of sp³-hybridized carbons (Fsp3) is 0.367. The standard InChI is InChI=1S/C30H37N3O3.2ClH/c1-21(2)28(20-32-15-16-33(23(4)19-32)25-9-8-10-26(34)18-25)31-30(35)24-13-14-29(22(3)17-24)36-27-11-6-5-7-12-27;;/h5-14,17-18,21,23,28,34H,15-16,19-20H2,1-4H3,(H,31,35);2*1H/t23-,28?;;/m0../s1. The lowest BCUT2D eigenvalue weighted by Gasteiger charge is -2.42. The van der Waals surface area contributed by atoms with Crippen LogP contribution in [0.2, 0.25) is 0 Å². The van der Waals surface area contributed by atoms with Gasteiger partial charge in [0.15, 0.2) is 0 Å². The lowest BCUT2D eigenvalue weighted by atomic mass is 10.0. The lowest BCUT2D eigenvalue weighted by molar-refractivity contribution is 0.0903. The van der Waals surface area contributed by atoms with Crippen molar-refractivity contribution in [1.82, 2.24) is 10.2 Å². The summed E-state index contributed by atoms with van der Waals surface area (Å²) >= 11 is 0. The number of aromatic hydroxyl groups is 1. The van der Waals surface area contributed by atoms with Crippen molar-refractivity contribution in [2.24, 2.45) is 5.92 Å². The minimum Gasteiger partial charge on any atom is -0.508 e. The number of ether oxygens (including phenoxy) is 1. The van der Waals surface area contributed by atoms with Gasteiger partial charge in [-0.1, -0.05) is 38.1 Å². The second-order valence-corrected chi connectivity index (χ2v) is 10.0. The van der Waals surface area contributed by atoms with E-state index in [4.69, 9.17) is 4.74 Å². The summed E-state index contributed by atoms with van der Waals surface area (Å²) in [6, 6.07) is 23.0. The highest BCUT2D eigenvalue weighted by molar-refractivity contribution is 5.94. The average molecular weight is 561 g/mol. The minimum absolute atomic E-state index is 0. The second-order valence-electron chi connectivity index (χ2n) is 10.0. The van der Waals surface area contributed by atoms with Crippen molar-refractivity contribution in [3.63, 3.8) is 0 Å². The Morgan fingerprint density at radius 3 is 2.39 bits per heavy atom. The van der Waals surface area contributed by atoms with Gasteiger partial charge in [-0.2, -0.15) is 0 Å². The number of benzene rings is 3. The van der Waals surface area contributed by atoms with Crippen LogP contribution < -0.4 is 15.0 Å². The number of aryl methyl sites for hydroxylation is 1. The zero-order valence-electron chi connectivity index (χ0n) is 22.5. The summed E-state index contributed by atoms with van der Waals surface area (Å²) in [5.41, 5.74) is 2.61. The van der Waals surface area contributed by atoms with E-state index in [1.54, 1.807) is 6.07 Å². The van der Waals surface area contributed by atoms with Crippen molar-refractivity contribution < 1.29 is 14.6 Å². The highest BCUT2D eigenvalue weighted by Gasteiger charge is 2.27. The number of carbonyl (C=O) groups excluding carboxylic acids is 1. The van der Waals surface area contributed by atoms with Gasteiger partial charge in [0.25, 0.3) is 5.91 Å². The van der Waals surface area contributed by atoms with Crippen molar-refractivity contribution in [3.05, 3.63) is 83.9 Å². The first-order valence-corrected chi connectivity index (χ1v) is 12.7. The molecule has 38 heavy (non-hydrogen) atoms. The number of anilines is 1. The summed E-state index contributed by atoms with van der Waals surface area (Å²) in [5.74, 6) is 2.05. The molecule has 1 unspecified atom stereocenters. The van der Waals surface area contributed by atoms with E-state index < -0.39 is 0 Å². The van der Waals surface area contributed by atoms with Gasteiger partial charge in [-0.3, -0.25) is 9.69 Å². The van der Waals surface area contributed by atoms with Crippen LogP contribution in [0.1, 0.15) is 36.7 Å². The lowest BCUT2D eigenvalue weighted by Crippen LogP contribution is -2.56. The van der Waals surface area contributed by atoms with Gasteiger partial charge in [-0.15, -0.1) is 24.8 Å². The summed E-state index contributed by atoms with van der Waals surface area (Å²) in [4.78, 5) is 17.9. The number of rotatable bonds is 8. The minimum atomic E-state index is -0.0606. The molecule has 206 valence electrons. The van der Waals surface area contributed by atoms with Crippen LogP contribution in [0.3, 0.4) is 0 Å². The average Bonchev–Trinajstić information content (AvgIpc) is 2.85. The molecule has 2 N–H and O–H groups in total. The van der Waals surface area contributed by atoms with Crippen LogP contribution in [-0.4, -0.2) is 54.2 Å². The molecule has 3 aromatic carbocycles. The number of halogens is 2. The molecule has 1 heterocycles. The Kier molecular flexibility index (Phi) is 11.8. The molecule has 1 aliphatic rings. The smallest absolute Gasteiger partial charge is 0.251 e. The monoisotopic (exact) mass is 559 g/mol. The van der Waals surface area contributed by atoms with Crippen LogP contribution in [0.5, 0.6) is 17.2 Å². The van der Waals surface area contributed by atoms with Crippen molar-refractivity contribution in [2.75, 3.05) is 31.1 Å². The van der Waals surface area contributed by atoms with E-state index >= 15 is 0 Å². The molecule has 8 heteroatoms. The molecule has 1 aliphatic heterocycles. The van der Waals surface area contributed by atoms with Crippen molar-refractivity contribution in [1.29, 1.82) is 0 Å². The van der Waals surface area contributed by atoms with Crippen molar-refractivity contribution >= 4 is 36.4 Å². The molecule has 0 saturated carbocycles. The van der Waals surface area contributed by atoms with Gasteiger partial charge in [0, 0.05) is 55.6 Å². The van der Waals surface area contributed by atoms with Crippen LogP contribution in [0.4, 0.5) is 5.69 Å². The quantitative estimate of drug-likeness (QED) is 0.339. The van der Waals surface area contributed by atoms with E-state index in [0.29, 0.717) is 23.3 Å². The number of phenolic OH excluding ortho intramolecular Hbond substituents is 1. The van der Waals surface area contributed by atoms with Crippen LogP contribution in [-0.2, 0) is 0 Å². The Hall–Kier alpha value is -2.93. The summed E-state index contributed by atoms with van der Waals surface area (Å²) in [5, 5.41) is 13.1. The molecule has 4 rings (SSSR count). The number of piperazine rings is 1. The van der Waals surface area contributed by atoms with E-state index in [2.05, 4.69) is 35.9 Å². The van der Waals surface area contributed by atoms with E-state index in [1.807, 2.05) is 73.7 Å². The SMILES string of the molecule is Cc1cc(C(=O)NC(CN2CCN(c3cccc(O)c3)[C@@H](C)C2)C(C)C)ccc1Oc1ccccc1.Cl.Cl. The molecule has 1 saturated heterocycles.